The minimum absolute atomic E-state index is 0.214. The van der Waals surface area contributed by atoms with Crippen LogP contribution in [0.5, 0.6) is 0 Å². The number of nitrogens with zero attached hydrogens (tertiary/aromatic N) is 2. The minimum Gasteiger partial charge on any atom is -0.357 e. The molecule has 2 rings (SSSR count). The van der Waals surface area contributed by atoms with Crippen molar-refractivity contribution in [1.82, 2.24) is 14.9 Å². The Morgan fingerprint density at radius 2 is 2.15 bits per heavy atom. The molecule has 2 N–H and O–H groups in total. The zero-order valence-electron chi connectivity index (χ0n) is 14.7. The molecule has 2 aromatic heterocycles. The van der Waals surface area contributed by atoms with E-state index in [9.17, 15) is 8.42 Å². The number of likely N-dealkylation sites (N-methyl/N-ethyl adjacent to an activating group) is 1. The average Bonchev–Trinajstić information content (AvgIpc) is 3.27. The minimum atomic E-state index is -3.53. The van der Waals surface area contributed by atoms with Crippen LogP contribution in [0.4, 0.5) is 0 Å². The summed E-state index contributed by atoms with van der Waals surface area (Å²) < 4.78 is 27.5. The molecule has 0 saturated heterocycles. The van der Waals surface area contributed by atoms with Gasteiger partial charge in [0.25, 0.3) is 0 Å². The molecule has 0 radical (unpaired) electrons. The predicted molar refractivity (Wildman–Crippen MR) is 111 cm³/mol. The fourth-order valence-electron chi connectivity index (χ4n) is 2.16. The van der Waals surface area contributed by atoms with E-state index in [2.05, 4.69) is 31.4 Å². The van der Waals surface area contributed by atoms with Crippen molar-refractivity contribution in [1.29, 1.82) is 0 Å². The number of rotatable bonds is 9. The molecule has 0 bridgehead atoms. The zero-order valence-corrected chi connectivity index (χ0v) is 17.9. The first kappa shape index (κ1) is 21.2. The normalized spacial score (nSPS) is 12.3. The summed E-state index contributed by atoms with van der Waals surface area (Å²) in [7, 11) is -1.55. The Bertz CT molecular complexity index is 803. The van der Waals surface area contributed by atoms with Gasteiger partial charge in [-0.25, -0.2) is 13.1 Å². The van der Waals surface area contributed by atoms with Crippen molar-refractivity contribution in [3.8, 4) is 0 Å². The van der Waals surface area contributed by atoms with Crippen LogP contribution in [0.3, 0.4) is 0 Å². The molecule has 2 heterocycles. The zero-order chi connectivity index (χ0) is 19.0. The van der Waals surface area contributed by atoms with E-state index in [4.69, 9.17) is 11.6 Å². The topological polar surface area (TPSA) is 73.8 Å². The highest BCUT2D eigenvalue weighted by Gasteiger charge is 2.15. The fourth-order valence-corrected chi connectivity index (χ4v) is 5.41. The predicted octanol–water partition coefficient (Wildman–Crippen LogP) is 2.88. The van der Waals surface area contributed by atoms with E-state index in [-0.39, 0.29) is 10.8 Å². The van der Waals surface area contributed by atoms with E-state index in [0.717, 1.165) is 36.8 Å². The maximum Gasteiger partial charge on any atom is 0.250 e. The Morgan fingerprint density at radius 3 is 2.77 bits per heavy atom. The van der Waals surface area contributed by atoms with Crippen LogP contribution in [-0.2, 0) is 16.4 Å². The van der Waals surface area contributed by atoms with E-state index in [1.54, 1.807) is 17.4 Å². The molecule has 0 aromatic carbocycles. The van der Waals surface area contributed by atoms with E-state index in [1.165, 1.54) is 10.9 Å². The van der Waals surface area contributed by atoms with Crippen LogP contribution < -0.4 is 10.0 Å². The second-order valence-electron chi connectivity index (χ2n) is 5.44. The fraction of sp³-hybridized carbons (Fsp3) is 0.438. The molecule has 0 unspecified atom stereocenters. The molecule has 2 aromatic rings. The largest absolute Gasteiger partial charge is 0.357 e. The second-order valence-corrected chi connectivity index (χ2v) is 10.2. The Hall–Kier alpha value is -1.13. The van der Waals surface area contributed by atoms with Crippen LogP contribution in [-0.4, -0.2) is 52.5 Å². The quantitative estimate of drug-likeness (QED) is 0.361. The molecule has 0 amide bonds. The van der Waals surface area contributed by atoms with Gasteiger partial charge < -0.3 is 10.2 Å². The van der Waals surface area contributed by atoms with Gasteiger partial charge in [-0.2, -0.15) is 0 Å². The smallest absolute Gasteiger partial charge is 0.250 e. The van der Waals surface area contributed by atoms with Crippen molar-refractivity contribution in [3.05, 3.63) is 38.9 Å². The molecule has 0 fully saturated rings. The molecular formula is C16H23ClN4O2S3. The molecular weight excluding hydrogens is 412 g/mol. The lowest BCUT2D eigenvalue weighted by atomic mass is 10.3. The number of halogens is 1. The first-order valence-corrected chi connectivity index (χ1v) is 11.7. The van der Waals surface area contributed by atoms with Crippen molar-refractivity contribution < 1.29 is 8.42 Å². The maximum absolute atomic E-state index is 12.2. The molecule has 6 nitrogen and oxygen atoms in total. The number of hydrogen-bond acceptors (Lipinski definition) is 5. The van der Waals surface area contributed by atoms with Crippen LogP contribution in [0.2, 0.25) is 4.34 Å². The molecule has 0 spiro atoms. The average molecular weight is 435 g/mol. The highest BCUT2D eigenvalue weighted by molar-refractivity contribution is 7.91. The number of hydrogen-bond donors (Lipinski definition) is 2. The van der Waals surface area contributed by atoms with E-state index < -0.39 is 10.0 Å². The SMILES string of the molecule is CCNC(=NCCNS(=O)(=O)c1ccc(Cl)s1)N(C)CCc1cccs1. The van der Waals surface area contributed by atoms with Gasteiger partial charge in [-0.05, 0) is 36.9 Å². The third-order valence-corrected chi connectivity index (χ3v) is 7.57. The monoisotopic (exact) mass is 434 g/mol. The summed E-state index contributed by atoms with van der Waals surface area (Å²) in [5.74, 6) is 0.766. The van der Waals surface area contributed by atoms with Gasteiger partial charge in [-0.3, -0.25) is 4.99 Å². The number of thiophene rings is 2. The summed E-state index contributed by atoms with van der Waals surface area (Å²) >= 11 is 8.58. The molecule has 10 heteroatoms. The van der Waals surface area contributed by atoms with Crippen LogP contribution in [0.1, 0.15) is 11.8 Å². The van der Waals surface area contributed by atoms with Crippen molar-refractivity contribution in [3.63, 3.8) is 0 Å². The molecule has 26 heavy (non-hydrogen) atoms. The molecule has 0 aliphatic heterocycles. The van der Waals surface area contributed by atoms with E-state index in [1.807, 2.05) is 20.0 Å². The summed E-state index contributed by atoms with van der Waals surface area (Å²) in [6.45, 7) is 4.18. The first-order chi connectivity index (χ1) is 12.4. The Labute approximate surface area is 168 Å². The van der Waals surface area contributed by atoms with Crippen molar-refractivity contribution >= 4 is 50.3 Å². The van der Waals surface area contributed by atoms with Crippen LogP contribution in [0.15, 0.2) is 38.8 Å². The van der Waals surface area contributed by atoms with Crippen molar-refractivity contribution in [2.45, 2.75) is 17.6 Å². The van der Waals surface area contributed by atoms with Gasteiger partial charge in [0.2, 0.25) is 10.0 Å². The number of guanidine groups is 1. The first-order valence-electron chi connectivity index (χ1n) is 8.19. The van der Waals surface area contributed by atoms with E-state index >= 15 is 0 Å². The van der Waals surface area contributed by atoms with Gasteiger partial charge in [-0.15, -0.1) is 22.7 Å². The van der Waals surface area contributed by atoms with Gasteiger partial charge in [0.1, 0.15) is 4.21 Å². The number of nitrogens with one attached hydrogen (secondary N) is 2. The summed E-state index contributed by atoms with van der Waals surface area (Å²) in [4.78, 5) is 7.88. The number of aliphatic imine (C=N–C) groups is 1. The molecule has 0 aliphatic carbocycles. The van der Waals surface area contributed by atoms with Gasteiger partial charge >= 0.3 is 0 Å². The van der Waals surface area contributed by atoms with Crippen molar-refractivity contribution in [2.75, 3.05) is 33.2 Å². The Balaban J connectivity index is 1.85. The van der Waals surface area contributed by atoms with Gasteiger partial charge in [-0.1, -0.05) is 17.7 Å². The van der Waals surface area contributed by atoms with Crippen LogP contribution in [0.25, 0.3) is 0 Å². The lowest BCUT2D eigenvalue weighted by Crippen LogP contribution is -2.40. The van der Waals surface area contributed by atoms with Crippen molar-refractivity contribution in [2.24, 2.45) is 4.99 Å². The van der Waals surface area contributed by atoms with Gasteiger partial charge in [0, 0.05) is 31.6 Å². The Kier molecular flexibility index (Phi) is 8.36. The third kappa shape index (κ3) is 6.55. The van der Waals surface area contributed by atoms with Crippen LogP contribution >= 0.6 is 34.3 Å². The summed E-state index contributed by atoms with van der Waals surface area (Å²) in [6.07, 6.45) is 0.949. The maximum atomic E-state index is 12.2. The molecule has 0 atom stereocenters. The highest BCUT2D eigenvalue weighted by atomic mass is 35.5. The lowest BCUT2D eigenvalue weighted by molar-refractivity contribution is 0.486. The standard InChI is InChI=1S/C16H23ClN4O2S3/c1-3-18-16(21(2)11-8-13-5-4-12-24-13)19-9-10-20-26(22,23)15-7-6-14(17)25-15/h4-7,12,20H,3,8-11H2,1-2H3,(H,18,19). The van der Waals surface area contributed by atoms with Gasteiger partial charge in [0.05, 0.1) is 10.9 Å². The molecule has 0 saturated carbocycles. The molecule has 0 aliphatic rings. The highest BCUT2D eigenvalue weighted by Crippen LogP contribution is 2.25. The van der Waals surface area contributed by atoms with Crippen LogP contribution in [0, 0.1) is 0 Å². The number of sulfonamides is 1. The van der Waals surface area contributed by atoms with Gasteiger partial charge in [0.15, 0.2) is 5.96 Å². The lowest BCUT2D eigenvalue weighted by Gasteiger charge is -2.21. The molecule has 144 valence electrons. The summed E-state index contributed by atoms with van der Waals surface area (Å²) in [5, 5.41) is 5.30. The summed E-state index contributed by atoms with van der Waals surface area (Å²) in [6, 6.07) is 7.24. The van der Waals surface area contributed by atoms with E-state index in [0.29, 0.717) is 10.9 Å². The summed E-state index contributed by atoms with van der Waals surface area (Å²) in [5.41, 5.74) is 0. The third-order valence-electron chi connectivity index (χ3n) is 3.45. The Morgan fingerprint density at radius 1 is 1.35 bits per heavy atom. The second kappa shape index (κ2) is 10.3.